The van der Waals surface area contributed by atoms with Crippen LogP contribution in [0.5, 0.6) is 0 Å². The standard InChI is InChI=1S/C11H23NOS/c1-9(2)6-11(7-13)12-10-4-3-5-14-8-10/h9-13H,3-8H2,1-2H3/t10-,11+/m1/s1. The van der Waals surface area contributed by atoms with E-state index >= 15 is 0 Å². The van der Waals surface area contributed by atoms with Crippen LogP contribution in [0.4, 0.5) is 0 Å². The Morgan fingerprint density at radius 3 is 2.79 bits per heavy atom. The zero-order chi connectivity index (χ0) is 10.4. The number of hydrogen-bond acceptors (Lipinski definition) is 3. The van der Waals surface area contributed by atoms with Crippen molar-refractivity contribution in [2.24, 2.45) is 5.92 Å². The average molecular weight is 217 g/mol. The molecule has 0 aromatic rings. The summed E-state index contributed by atoms with van der Waals surface area (Å²) in [5.74, 6) is 3.19. The smallest absolute Gasteiger partial charge is 0.0584 e. The van der Waals surface area contributed by atoms with Gasteiger partial charge in [0.05, 0.1) is 6.61 Å². The van der Waals surface area contributed by atoms with E-state index in [-0.39, 0.29) is 6.61 Å². The molecular formula is C11H23NOS. The van der Waals surface area contributed by atoms with Crippen molar-refractivity contribution in [2.75, 3.05) is 18.1 Å². The van der Waals surface area contributed by atoms with E-state index in [1.165, 1.54) is 24.3 Å². The lowest BCUT2D eigenvalue weighted by atomic mass is 10.0. The molecule has 0 radical (unpaired) electrons. The van der Waals surface area contributed by atoms with Crippen LogP contribution in [0.3, 0.4) is 0 Å². The second kappa shape index (κ2) is 6.70. The van der Waals surface area contributed by atoms with Crippen LogP contribution >= 0.6 is 11.8 Å². The minimum absolute atomic E-state index is 0.277. The minimum Gasteiger partial charge on any atom is -0.395 e. The van der Waals surface area contributed by atoms with Gasteiger partial charge >= 0.3 is 0 Å². The summed E-state index contributed by atoms with van der Waals surface area (Å²) < 4.78 is 0. The molecule has 84 valence electrons. The number of hydrogen-bond donors (Lipinski definition) is 2. The molecule has 0 saturated carbocycles. The zero-order valence-electron chi connectivity index (χ0n) is 9.33. The first kappa shape index (κ1) is 12.3. The fraction of sp³-hybridized carbons (Fsp3) is 1.00. The van der Waals surface area contributed by atoms with Gasteiger partial charge in [0.2, 0.25) is 0 Å². The Bertz CT molecular complexity index is 146. The quantitative estimate of drug-likeness (QED) is 0.737. The predicted molar refractivity (Wildman–Crippen MR) is 63.8 cm³/mol. The van der Waals surface area contributed by atoms with E-state index in [9.17, 15) is 5.11 Å². The monoisotopic (exact) mass is 217 g/mol. The van der Waals surface area contributed by atoms with Gasteiger partial charge in [-0.15, -0.1) is 0 Å². The second-order valence-corrected chi connectivity index (χ2v) is 5.74. The lowest BCUT2D eigenvalue weighted by Crippen LogP contribution is -2.43. The Hall–Kier alpha value is 0.270. The largest absolute Gasteiger partial charge is 0.395 e. The molecule has 3 heteroatoms. The SMILES string of the molecule is CC(C)C[C@@H](CO)N[C@@H]1CCCSC1. The summed E-state index contributed by atoms with van der Waals surface area (Å²) in [5, 5.41) is 12.8. The molecule has 0 amide bonds. The Labute approximate surface area is 91.9 Å². The van der Waals surface area contributed by atoms with E-state index in [2.05, 4.69) is 19.2 Å². The van der Waals surface area contributed by atoms with Crippen LogP contribution in [-0.2, 0) is 0 Å². The summed E-state index contributed by atoms with van der Waals surface area (Å²) in [5.41, 5.74) is 0. The highest BCUT2D eigenvalue weighted by Crippen LogP contribution is 2.18. The van der Waals surface area contributed by atoms with Crippen LogP contribution < -0.4 is 5.32 Å². The van der Waals surface area contributed by atoms with Crippen LogP contribution in [0.2, 0.25) is 0 Å². The molecule has 0 unspecified atom stereocenters. The minimum atomic E-state index is 0.277. The normalized spacial score (nSPS) is 25.3. The maximum Gasteiger partial charge on any atom is 0.0584 e. The molecule has 1 saturated heterocycles. The number of aliphatic hydroxyl groups is 1. The molecule has 2 atom stereocenters. The first-order valence-corrected chi connectivity index (χ1v) is 6.82. The molecule has 0 spiro atoms. The third-order valence-corrected chi connectivity index (χ3v) is 3.82. The van der Waals surface area contributed by atoms with Gasteiger partial charge in [-0.3, -0.25) is 0 Å². The number of nitrogens with one attached hydrogen (secondary N) is 1. The molecule has 1 aliphatic rings. The first-order valence-electron chi connectivity index (χ1n) is 5.67. The van der Waals surface area contributed by atoms with Gasteiger partial charge in [0.15, 0.2) is 0 Å². The fourth-order valence-electron chi connectivity index (χ4n) is 1.97. The van der Waals surface area contributed by atoms with Crippen molar-refractivity contribution in [3.8, 4) is 0 Å². The molecule has 1 fully saturated rings. The summed E-state index contributed by atoms with van der Waals surface area (Å²) in [6, 6.07) is 0.934. The van der Waals surface area contributed by atoms with Crippen LogP contribution in [0.25, 0.3) is 0 Å². The number of aliphatic hydroxyl groups excluding tert-OH is 1. The first-order chi connectivity index (χ1) is 6.72. The maximum absolute atomic E-state index is 9.24. The van der Waals surface area contributed by atoms with Crippen molar-refractivity contribution in [3.63, 3.8) is 0 Å². The summed E-state index contributed by atoms with van der Waals surface area (Å²) in [7, 11) is 0. The van der Waals surface area contributed by atoms with Gasteiger partial charge in [-0.2, -0.15) is 11.8 Å². The van der Waals surface area contributed by atoms with E-state index in [4.69, 9.17) is 0 Å². The van der Waals surface area contributed by atoms with Gasteiger partial charge in [-0.1, -0.05) is 13.8 Å². The summed E-state index contributed by atoms with van der Waals surface area (Å²) in [6.45, 7) is 4.69. The van der Waals surface area contributed by atoms with Gasteiger partial charge in [-0.05, 0) is 30.9 Å². The van der Waals surface area contributed by atoms with Crippen molar-refractivity contribution in [1.82, 2.24) is 5.32 Å². The second-order valence-electron chi connectivity index (χ2n) is 4.59. The van der Waals surface area contributed by atoms with Crippen molar-refractivity contribution in [3.05, 3.63) is 0 Å². The number of thioether (sulfide) groups is 1. The maximum atomic E-state index is 9.24. The highest BCUT2D eigenvalue weighted by atomic mass is 32.2. The summed E-state index contributed by atoms with van der Waals surface area (Å²) in [4.78, 5) is 0. The van der Waals surface area contributed by atoms with E-state index in [0.29, 0.717) is 18.0 Å². The third kappa shape index (κ3) is 4.67. The van der Waals surface area contributed by atoms with Crippen molar-refractivity contribution in [2.45, 2.75) is 45.2 Å². The Morgan fingerprint density at radius 1 is 1.50 bits per heavy atom. The Morgan fingerprint density at radius 2 is 2.29 bits per heavy atom. The third-order valence-electron chi connectivity index (χ3n) is 2.61. The van der Waals surface area contributed by atoms with Crippen LogP contribution in [0.1, 0.15) is 33.1 Å². The molecule has 0 aromatic heterocycles. The molecular weight excluding hydrogens is 194 g/mol. The zero-order valence-corrected chi connectivity index (χ0v) is 10.1. The van der Waals surface area contributed by atoms with Gasteiger partial charge in [0.25, 0.3) is 0 Å². The molecule has 2 nitrogen and oxygen atoms in total. The lowest BCUT2D eigenvalue weighted by molar-refractivity contribution is 0.213. The van der Waals surface area contributed by atoms with E-state index in [1.54, 1.807) is 0 Å². The fourth-order valence-corrected chi connectivity index (χ4v) is 3.05. The van der Waals surface area contributed by atoms with Crippen LogP contribution in [-0.4, -0.2) is 35.3 Å². The van der Waals surface area contributed by atoms with E-state index in [0.717, 1.165) is 6.42 Å². The Kier molecular flexibility index (Phi) is 5.90. The topological polar surface area (TPSA) is 32.3 Å². The van der Waals surface area contributed by atoms with E-state index < -0.39 is 0 Å². The molecule has 14 heavy (non-hydrogen) atoms. The van der Waals surface area contributed by atoms with Gasteiger partial charge in [0, 0.05) is 17.8 Å². The highest BCUT2D eigenvalue weighted by molar-refractivity contribution is 7.99. The highest BCUT2D eigenvalue weighted by Gasteiger charge is 2.18. The van der Waals surface area contributed by atoms with Gasteiger partial charge in [-0.25, -0.2) is 0 Å². The molecule has 0 aliphatic carbocycles. The predicted octanol–water partition coefficient (Wildman–Crippen LogP) is 1.88. The average Bonchev–Trinajstić information content (AvgIpc) is 2.17. The van der Waals surface area contributed by atoms with E-state index in [1.807, 2.05) is 11.8 Å². The molecule has 1 aliphatic heterocycles. The number of rotatable bonds is 5. The molecule has 1 heterocycles. The van der Waals surface area contributed by atoms with Crippen molar-refractivity contribution in [1.29, 1.82) is 0 Å². The van der Waals surface area contributed by atoms with Crippen LogP contribution in [0, 0.1) is 5.92 Å². The van der Waals surface area contributed by atoms with Crippen molar-refractivity contribution < 1.29 is 5.11 Å². The van der Waals surface area contributed by atoms with Crippen molar-refractivity contribution >= 4 is 11.8 Å². The summed E-state index contributed by atoms with van der Waals surface area (Å²) in [6.07, 6.45) is 3.68. The van der Waals surface area contributed by atoms with Gasteiger partial charge in [0.1, 0.15) is 0 Å². The molecule has 0 aromatic carbocycles. The molecule has 1 rings (SSSR count). The van der Waals surface area contributed by atoms with Gasteiger partial charge < -0.3 is 10.4 Å². The lowest BCUT2D eigenvalue weighted by Gasteiger charge is -2.28. The Balaban J connectivity index is 2.23. The summed E-state index contributed by atoms with van der Waals surface area (Å²) >= 11 is 2.03. The molecule has 2 N–H and O–H groups in total. The molecule has 0 bridgehead atoms. The van der Waals surface area contributed by atoms with Crippen LogP contribution in [0.15, 0.2) is 0 Å².